The molecule has 19 heavy (non-hydrogen) atoms. The molecule has 4 nitrogen and oxygen atoms in total. The molecule has 1 aliphatic carbocycles. The third-order valence-corrected chi connectivity index (χ3v) is 4.68. The van der Waals surface area contributed by atoms with Crippen molar-refractivity contribution in [3.05, 3.63) is 17.2 Å². The predicted octanol–water partition coefficient (Wildman–Crippen LogP) is 2.04. The summed E-state index contributed by atoms with van der Waals surface area (Å²) in [4.78, 5) is 7.04. The van der Waals surface area contributed by atoms with Crippen molar-refractivity contribution in [3.63, 3.8) is 0 Å². The molecule has 0 radical (unpaired) electrons. The summed E-state index contributed by atoms with van der Waals surface area (Å²) in [5, 5.41) is 4.24. The van der Waals surface area contributed by atoms with Crippen molar-refractivity contribution >= 4 is 11.6 Å². The van der Waals surface area contributed by atoms with Crippen LogP contribution in [-0.2, 0) is 13.6 Å². The van der Waals surface area contributed by atoms with Gasteiger partial charge in [-0.05, 0) is 44.7 Å². The van der Waals surface area contributed by atoms with Gasteiger partial charge in [-0.25, -0.2) is 4.98 Å². The van der Waals surface area contributed by atoms with Gasteiger partial charge in [0.05, 0.1) is 12.7 Å². The SMILES string of the molecule is Cn1c(Cl)cnc1CN(CC1CCCNC1)C1CC1. The number of nitrogens with one attached hydrogen (secondary N) is 1. The van der Waals surface area contributed by atoms with Crippen molar-refractivity contribution in [2.45, 2.75) is 38.3 Å². The highest BCUT2D eigenvalue weighted by Gasteiger charge is 2.31. The van der Waals surface area contributed by atoms with E-state index in [1.165, 1.54) is 45.3 Å². The molecule has 0 aromatic carbocycles. The molecule has 106 valence electrons. The second kappa shape index (κ2) is 5.81. The maximum atomic E-state index is 6.07. The van der Waals surface area contributed by atoms with E-state index in [0.717, 1.165) is 29.5 Å². The summed E-state index contributed by atoms with van der Waals surface area (Å²) in [6.07, 6.45) is 7.12. The van der Waals surface area contributed by atoms with Crippen molar-refractivity contribution in [2.24, 2.45) is 13.0 Å². The van der Waals surface area contributed by atoms with Crippen LogP contribution in [0.25, 0.3) is 0 Å². The lowest BCUT2D eigenvalue weighted by atomic mass is 9.99. The second-order valence-electron chi connectivity index (χ2n) is 5.93. The number of hydrogen-bond acceptors (Lipinski definition) is 3. The monoisotopic (exact) mass is 282 g/mol. The van der Waals surface area contributed by atoms with Crippen molar-refractivity contribution in [2.75, 3.05) is 19.6 Å². The van der Waals surface area contributed by atoms with E-state index in [4.69, 9.17) is 11.6 Å². The standard InChI is InChI=1S/C14H23ClN4/c1-18-13(15)8-17-14(18)10-19(12-4-5-12)9-11-3-2-6-16-7-11/h8,11-12,16H,2-7,9-10H2,1H3. The Morgan fingerprint density at radius 3 is 2.89 bits per heavy atom. The van der Waals surface area contributed by atoms with Crippen LogP contribution in [-0.4, -0.2) is 40.1 Å². The van der Waals surface area contributed by atoms with Crippen molar-refractivity contribution in [3.8, 4) is 0 Å². The molecule has 1 N–H and O–H groups in total. The van der Waals surface area contributed by atoms with E-state index in [-0.39, 0.29) is 0 Å². The van der Waals surface area contributed by atoms with Crippen molar-refractivity contribution in [1.82, 2.24) is 19.8 Å². The van der Waals surface area contributed by atoms with Crippen LogP contribution in [0.5, 0.6) is 0 Å². The first-order chi connectivity index (χ1) is 9.24. The summed E-state index contributed by atoms with van der Waals surface area (Å²) in [5.74, 6) is 1.88. The van der Waals surface area contributed by atoms with E-state index < -0.39 is 0 Å². The van der Waals surface area contributed by atoms with Crippen molar-refractivity contribution in [1.29, 1.82) is 0 Å². The molecule has 0 amide bonds. The molecule has 2 heterocycles. The largest absolute Gasteiger partial charge is 0.321 e. The molecular formula is C14H23ClN4. The van der Waals surface area contributed by atoms with Gasteiger partial charge in [0.15, 0.2) is 0 Å². The van der Waals surface area contributed by atoms with Crippen LogP contribution in [0.4, 0.5) is 0 Å². The van der Waals surface area contributed by atoms with Crippen molar-refractivity contribution < 1.29 is 0 Å². The molecule has 1 saturated carbocycles. The molecule has 2 fully saturated rings. The van der Waals surface area contributed by atoms with Gasteiger partial charge in [-0.3, -0.25) is 4.90 Å². The zero-order valence-electron chi connectivity index (χ0n) is 11.6. The first-order valence-electron chi connectivity index (χ1n) is 7.35. The maximum Gasteiger partial charge on any atom is 0.128 e. The van der Waals surface area contributed by atoms with E-state index >= 15 is 0 Å². The lowest BCUT2D eigenvalue weighted by Gasteiger charge is -2.30. The molecule has 1 atom stereocenters. The Labute approximate surface area is 120 Å². The van der Waals surface area contributed by atoms with Gasteiger partial charge in [-0.1, -0.05) is 11.6 Å². The van der Waals surface area contributed by atoms with E-state index in [9.17, 15) is 0 Å². The van der Waals surface area contributed by atoms with Gasteiger partial charge in [0, 0.05) is 19.6 Å². The van der Waals surface area contributed by atoms with Gasteiger partial charge < -0.3 is 9.88 Å². The topological polar surface area (TPSA) is 33.1 Å². The van der Waals surface area contributed by atoms with Gasteiger partial charge in [-0.15, -0.1) is 0 Å². The smallest absolute Gasteiger partial charge is 0.128 e. The van der Waals surface area contributed by atoms with Crippen LogP contribution in [0.15, 0.2) is 6.20 Å². The van der Waals surface area contributed by atoms with Gasteiger partial charge in [0.25, 0.3) is 0 Å². The normalized spacial score (nSPS) is 24.1. The van der Waals surface area contributed by atoms with Crippen LogP contribution in [0.1, 0.15) is 31.5 Å². The quantitative estimate of drug-likeness (QED) is 0.897. The molecule has 1 saturated heterocycles. The maximum absolute atomic E-state index is 6.07. The summed E-state index contributed by atoms with van der Waals surface area (Å²) in [6, 6.07) is 0.775. The number of imidazole rings is 1. The molecule has 1 unspecified atom stereocenters. The first-order valence-corrected chi connectivity index (χ1v) is 7.72. The molecule has 1 aliphatic heterocycles. The van der Waals surface area contributed by atoms with Crippen LogP contribution < -0.4 is 5.32 Å². The van der Waals surface area contributed by atoms with Gasteiger partial charge >= 0.3 is 0 Å². The number of piperidine rings is 1. The molecular weight excluding hydrogens is 260 g/mol. The van der Waals surface area contributed by atoms with Gasteiger partial charge in [0.2, 0.25) is 0 Å². The average Bonchev–Trinajstić information content (AvgIpc) is 3.22. The molecule has 0 bridgehead atoms. The van der Waals surface area contributed by atoms with Crippen LogP contribution in [0.3, 0.4) is 0 Å². The van der Waals surface area contributed by atoms with E-state index in [1.54, 1.807) is 6.20 Å². The fourth-order valence-electron chi connectivity index (χ4n) is 2.95. The highest BCUT2D eigenvalue weighted by atomic mass is 35.5. The number of hydrogen-bond donors (Lipinski definition) is 1. The third-order valence-electron chi connectivity index (χ3n) is 4.33. The lowest BCUT2D eigenvalue weighted by molar-refractivity contribution is 0.187. The lowest BCUT2D eigenvalue weighted by Crippen LogP contribution is -2.39. The molecule has 3 rings (SSSR count). The Morgan fingerprint density at radius 1 is 1.47 bits per heavy atom. The Bertz CT molecular complexity index is 421. The fourth-order valence-corrected chi connectivity index (χ4v) is 3.09. The molecule has 0 spiro atoms. The highest BCUT2D eigenvalue weighted by molar-refractivity contribution is 6.29. The van der Waals surface area contributed by atoms with Gasteiger partial charge in [0.1, 0.15) is 11.0 Å². The summed E-state index contributed by atoms with van der Waals surface area (Å²) in [7, 11) is 2.00. The van der Waals surface area contributed by atoms with Gasteiger partial charge in [-0.2, -0.15) is 0 Å². The Kier molecular flexibility index (Phi) is 4.10. The van der Waals surface area contributed by atoms with Crippen LogP contribution >= 0.6 is 11.6 Å². The number of halogens is 1. The fraction of sp³-hybridized carbons (Fsp3) is 0.786. The number of nitrogens with zero attached hydrogens (tertiary/aromatic N) is 3. The zero-order chi connectivity index (χ0) is 13.2. The summed E-state index contributed by atoms with van der Waals surface area (Å²) >= 11 is 6.07. The van der Waals surface area contributed by atoms with E-state index in [0.29, 0.717) is 0 Å². The zero-order valence-corrected chi connectivity index (χ0v) is 12.4. The molecule has 2 aliphatic rings. The average molecular weight is 283 g/mol. The van der Waals surface area contributed by atoms with E-state index in [2.05, 4.69) is 15.2 Å². The molecule has 1 aromatic rings. The number of aromatic nitrogens is 2. The molecule has 1 aromatic heterocycles. The minimum absolute atomic E-state index is 0.727. The number of rotatable bonds is 5. The minimum Gasteiger partial charge on any atom is -0.321 e. The summed E-state index contributed by atoms with van der Waals surface area (Å²) < 4.78 is 2.00. The second-order valence-corrected chi connectivity index (χ2v) is 6.32. The Balaban J connectivity index is 1.62. The Morgan fingerprint density at radius 2 is 2.32 bits per heavy atom. The molecule has 5 heteroatoms. The highest BCUT2D eigenvalue weighted by Crippen LogP contribution is 2.30. The summed E-state index contributed by atoms with van der Waals surface area (Å²) in [6.45, 7) is 4.49. The predicted molar refractivity (Wildman–Crippen MR) is 77.2 cm³/mol. The Hall–Kier alpha value is -0.580. The first kappa shape index (κ1) is 13.4. The van der Waals surface area contributed by atoms with E-state index in [1.807, 2.05) is 11.6 Å². The third kappa shape index (κ3) is 3.30. The van der Waals surface area contributed by atoms with Crippen LogP contribution in [0, 0.1) is 5.92 Å². The van der Waals surface area contributed by atoms with Crippen LogP contribution in [0.2, 0.25) is 5.15 Å². The summed E-state index contributed by atoms with van der Waals surface area (Å²) in [5.41, 5.74) is 0. The minimum atomic E-state index is 0.727.